The Bertz CT molecular complexity index is 672. The minimum Gasteiger partial charge on any atom is -0.369 e. The topological polar surface area (TPSA) is 32.5 Å². The zero-order chi connectivity index (χ0) is 17.6. The first-order chi connectivity index (χ1) is 12.2. The number of piperazine rings is 1. The zero-order valence-corrected chi connectivity index (χ0v) is 16.2. The number of rotatable bonds is 6. The second kappa shape index (κ2) is 9.91. The summed E-state index contributed by atoms with van der Waals surface area (Å²) in [5.74, 6) is -0.131. The first-order valence-electron chi connectivity index (χ1n) is 9.21. The number of hydrogen-bond donors (Lipinski definition) is 1. The second-order valence-electron chi connectivity index (χ2n) is 6.90. The monoisotopic (exact) mass is 377 g/mol. The third-order valence-corrected chi connectivity index (χ3v) is 5.03. The van der Waals surface area contributed by atoms with Crippen LogP contribution in [0, 0.1) is 5.82 Å². The predicted octanol–water partition coefficient (Wildman–Crippen LogP) is 3.85. The third-order valence-electron chi connectivity index (χ3n) is 5.03. The molecule has 26 heavy (non-hydrogen) atoms. The molecule has 3 rings (SSSR count). The Morgan fingerprint density at radius 1 is 1.04 bits per heavy atom. The molecule has 0 radical (unpaired) electrons. The smallest absolute Gasteiger partial charge is 0.128 e. The van der Waals surface area contributed by atoms with Gasteiger partial charge in [0.25, 0.3) is 0 Å². The van der Waals surface area contributed by atoms with Gasteiger partial charge in [-0.3, -0.25) is 4.90 Å². The van der Waals surface area contributed by atoms with Gasteiger partial charge in [-0.15, -0.1) is 12.4 Å². The molecule has 1 saturated heterocycles. The van der Waals surface area contributed by atoms with Gasteiger partial charge in [-0.2, -0.15) is 0 Å². The molecule has 0 aliphatic carbocycles. The van der Waals surface area contributed by atoms with Crippen LogP contribution in [0.1, 0.15) is 24.5 Å². The Morgan fingerprint density at radius 2 is 1.73 bits per heavy atom. The fourth-order valence-electron chi connectivity index (χ4n) is 3.33. The molecule has 1 aliphatic heterocycles. The van der Waals surface area contributed by atoms with Gasteiger partial charge in [0.2, 0.25) is 0 Å². The van der Waals surface area contributed by atoms with Gasteiger partial charge in [-0.25, -0.2) is 4.39 Å². The molecule has 2 aromatic carbocycles. The first kappa shape index (κ1) is 20.7. The Hall–Kier alpha value is -1.62. The number of hydrogen-bond acceptors (Lipinski definition) is 3. The molecular weight excluding hydrogens is 349 g/mol. The number of halogens is 2. The normalized spacial score (nSPS) is 16.2. The quantitative estimate of drug-likeness (QED) is 0.829. The second-order valence-corrected chi connectivity index (χ2v) is 6.90. The van der Waals surface area contributed by atoms with Gasteiger partial charge in [0, 0.05) is 44.5 Å². The maximum atomic E-state index is 14.4. The van der Waals surface area contributed by atoms with E-state index in [1.165, 1.54) is 5.56 Å². The van der Waals surface area contributed by atoms with Crippen LogP contribution in [0.5, 0.6) is 0 Å². The summed E-state index contributed by atoms with van der Waals surface area (Å²) in [7, 11) is 0. The maximum absolute atomic E-state index is 14.4. The van der Waals surface area contributed by atoms with Crippen molar-refractivity contribution in [2.45, 2.75) is 32.4 Å². The molecule has 0 saturated carbocycles. The summed E-state index contributed by atoms with van der Waals surface area (Å²) in [6, 6.07) is 16.2. The minimum atomic E-state index is -0.131. The fraction of sp³-hybridized carbons (Fsp3) is 0.429. The maximum Gasteiger partial charge on any atom is 0.128 e. The van der Waals surface area contributed by atoms with Crippen molar-refractivity contribution in [3.63, 3.8) is 0 Å². The number of nitrogens with two attached hydrogens (primary N) is 1. The van der Waals surface area contributed by atoms with E-state index in [0.29, 0.717) is 6.42 Å². The molecule has 0 bridgehead atoms. The molecule has 0 spiro atoms. The molecule has 1 unspecified atom stereocenters. The third kappa shape index (κ3) is 5.44. The fourth-order valence-corrected chi connectivity index (χ4v) is 3.33. The van der Waals surface area contributed by atoms with E-state index in [1.54, 1.807) is 6.07 Å². The molecule has 2 aromatic rings. The number of nitrogens with zero attached hydrogens (tertiary/aromatic N) is 2. The molecule has 1 atom stereocenters. The van der Waals surface area contributed by atoms with Gasteiger partial charge < -0.3 is 10.6 Å². The van der Waals surface area contributed by atoms with Crippen molar-refractivity contribution in [1.82, 2.24) is 4.90 Å². The summed E-state index contributed by atoms with van der Waals surface area (Å²) in [4.78, 5) is 4.73. The van der Waals surface area contributed by atoms with E-state index >= 15 is 0 Å². The van der Waals surface area contributed by atoms with Gasteiger partial charge >= 0.3 is 0 Å². The molecule has 0 aromatic heterocycles. The Balaban J connectivity index is 0.00000243. The molecule has 3 nitrogen and oxygen atoms in total. The van der Waals surface area contributed by atoms with Crippen molar-refractivity contribution in [3.8, 4) is 0 Å². The highest BCUT2D eigenvalue weighted by Gasteiger charge is 2.18. The highest BCUT2D eigenvalue weighted by molar-refractivity contribution is 5.85. The van der Waals surface area contributed by atoms with Gasteiger partial charge in [-0.05, 0) is 36.1 Å². The summed E-state index contributed by atoms with van der Waals surface area (Å²) >= 11 is 0. The highest BCUT2D eigenvalue weighted by Crippen LogP contribution is 2.22. The van der Waals surface area contributed by atoms with E-state index in [1.807, 2.05) is 25.1 Å². The van der Waals surface area contributed by atoms with Crippen molar-refractivity contribution >= 4 is 18.1 Å². The standard InChI is InChI=1S/C21H28FN3.ClH/c1-2-19(23)14-18-8-9-20(15-21(18)22)25-12-10-24(11-13-25)16-17-6-4-3-5-7-17;/h3-9,15,19H,2,10-14,16,23H2,1H3;1H. The van der Waals surface area contributed by atoms with Gasteiger partial charge in [-0.1, -0.05) is 43.3 Å². The van der Waals surface area contributed by atoms with Crippen LogP contribution in [0.3, 0.4) is 0 Å². The van der Waals surface area contributed by atoms with Gasteiger partial charge in [0.05, 0.1) is 0 Å². The summed E-state index contributed by atoms with van der Waals surface area (Å²) < 4.78 is 14.4. The van der Waals surface area contributed by atoms with Crippen LogP contribution < -0.4 is 10.6 Å². The van der Waals surface area contributed by atoms with Crippen LogP contribution in [-0.2, 0) is 13.0 Å². The molecule has 1 fully saturated rings. The van der Waals surface area contributed by atoms with E-state index in [0.717, 1.165) is 50.4 Å². The van der Waals surface area contributed by atoms with E-state index in [9.17, 15) is 4.39 Å². The van der Waals surface area contributed by atoms with E-state index in [2.05, 4.69) is 34.1 Å². The molecule has 5 heteroatoms. The van der Waals surface area contributed by atoms with Crippen LogP contribution in [0.4, 0.5) is 10.1 Å². The molecule has 142 valence electrons. The summed E-state index contributed by atoms with van der Waals surface area (Å²) in [5, 5.41) is 0. The molecule has 2 N–H and O–H groups in total. The van der Waals surface area contributed by atoms with Gasteiger partial charge in [0.15, 0.2) is 0 Å². The minimum absolute atomic E-state index is 0. The number of anilines is 1. The summed E-state index contributed by atoms with van der Waals surface area (Å²) in [5.41, 5.74) is 9.00. The highest BCUT2D eigenvalue weighted by atomic mass is 35.5. The summed E-state index contributed by atoms with van der Waals surface area (Å²) in [6.45, 7) is 6.88. The average Bonchev–Trinajstić information content (AvgIpc) is 2.65. The Labute approximate surface area is 162 Å². The lowest BCUT2D eigenvalue weighted by Gasteiger charge is -2.36. The van der Waals surface area contributed by atoms with Crippen LogP contribution in [0.25, 0.3) is 0 Å². The number of benzene rings is 2. The lowest BCUT2D eigenvalue weighted by Crippen LogP contribution is -2.46. The van der Waals surface area contributed by atoms with Crippen molar-refractivity contribution in [3.05, 3.63) is 65.5 Å². The molecule has 0 amide bonds. The van der Waals surface area contributed by atoms with Crippen molar-refractivity contribution in [2.75, 3.05) is 31.1 Å². The van der Waals surface area contributed by atoms with Crippen molar-refractivity contribution in [2.24, 2.45) is 5.73 Å². The van der Waals surface area contributed by atoms with Crippen LogP contribution in [0.15, 0.2) is 48.5 Å². The lowest BCUT2D eigenvalue weighted by molar-refractivity contribution is 0.250. The molecule has 1 aliphatic rings. The van der Waals surface area contributed by atoms with E-state index in [4.69, 9.17) is 5.73 Å². The van der Waals surface area contributed by atoms with Crippen LogP contribution in [-0.4, -0.2) is 37.1 Å². The lowest BCUT2D eigenvalue weighted by atomic mass is 10.0. The molecular formula is C21H29ClFN3. The van der Waals surface area contributed by atoms with Crippen LogP contribution >= 0.6 is 12.4 Å². The van der Waals surface area contributed by atoms with E-state index in [-0.39, 0.29) is 24.3 Å². The van der Waals surface area contributed by atoms with Gasteiger partial charge in [0.1, 0.15) is 5.82 Å². The first-order valence-corrected chi connectivity index (χ1v) is 9.21. The largest absolute Gasteiger partial charge is 0.369 e. The summed E-state index contributed by atoms with van der Waals surface area (Å²) in [6.07, 6.45) is 1.47. The average molecular weight is 378 g/mol. The Kier molecular flexibility index (Phi) is 7.88. The SMILES string of the molecule is CCC(N)Cc1ccc(N2CCN(Cc3ccccc3)CC2)cc1F.Cl. The van der Waals surface area contributed by atoms with Crippen LogP contribution in [0.2, 0.25) is 0 Å². The van der Waals surface area contributed by atoms with Crippen molar-refractivity contribution in [1.29, 1.82) is 0 Å². The van der Waals surface area contributed by atoms with Crippen molar-refractivity contribution < 1.29 is 4.39 Å². The Morgan fingerprint density at radius 3 is 2.35 bits per heavy atom. The molecule has 1 heterocycles. The van der Waals surface area contributed by atoms with E-state index < -0.39 is 0 Å². The zero-order valence-electron chi connectivity index (χ0n) is 15.4. The predicted molar refractivity (Wildman–Crippen MR) is 110 cm³/mol.